The second-order valence-electron chi connectivity index (χ2n) is 2.12. The third kappa shape index (κ3) is 1.84. The topological polar surface area (TPSA) is 145 Å². The van der Waals surface area contributed by atoms with Crippen molar-refractivity contribution in [1.29, 1.82) is 26.3 Å². The predicted molar refractivity (Wildman–Crippen MR) is 44.6 cm³/mol. The number of nitrogens with zero attached hydrogens (tertiary/aromatic N) is 5. The first-order valence-corrected chi connectivity index (χ1v) is 2.91. The Bertz CT molecular complexity index is 370. The Kier molecular flexibility index (Phi) is 5.54. The van der Waals surface area contributed by atoms with Crippen LogP contribution < -0.4 is 5.73 Å². The summed E-state index contributed by atoms with van der Waals surface area (Å²) in [6.45, 7) is 0. The Balaban J connectivity index is 0. The summed E-state index contributed by atoms with van der Waals surface area (Å²) < 4.78 is 0. The van der Waals surface area contributed by atoms with E-state index in [-0.39, 0.29) is 29.6 Å². The monoisotopic (exact) mass is 194 g/mol. The third-order valence-electron chi connectivity index (χ3n) is 1.45. The maximum atomic E-state index is 8.50. The average molecular weight is 194 g/mol. The van der Waals surface area contributed by atoms with Crippen LogP contribution in [0.1, 0.15) is 0 Å². The Morgan fingerprint density at radius 1 is 0.714 bits per heavy atom. The standard InChI is InChI=1S/C7H2N6.Na.H/c8-1-6(2-9,3-10)7(13,4-11)5-12;;/h13H2;;. The molecule has 0 aliphatic rings. The van der Waals surface area contributed by atoms with Crippen molar-refractivity contribution in [2.75, 3.05) is 0 Å². The van der Waals surface area contributed by atoms with Crippen molar-refractivity contribution in [3.8, 4) is 30.3 Å². The zero-order valence-electron chi connectivity index (χ0n) is 6.31. The quantitative estimate of drug-likeness (QED) is 0.510. The van der Waals surface area contributed by atoms with Crippen LogP contribution in [-0.2, 0) is 0 Å². The second kappa shape index (κ2) is 5.21. The van der Waals surface area contributed by atoms with Gasteiger partial charge in [-0.2, -0.15) is 26.3 Å². The summed E-state index contributed by atoms with van der Waals surface area (Å²) in [4.78, 5) is 0. The van der Waals surface area contributed by atoms with E-state index >= 15 is 0 Å². The SMILES string of the molecule is N#CC(N)(C#N)C(C#N)(C#N)C#N.[NaH]. The molecule has 0 aromatic carbocycles. The number of rotatable bonds is 1. The molecule has 0 saturated heterocycles. The zero-order chi connectivity index (χ0) is 10.5. The normalized spacial score (nSPS) is 8.86. The van der Waals surface area contributed by atoms with Crippen molar-refractivity contribution >= 4 is 29.6 Å². The van der Waals surface area contributed by atoms with Gasteiger partial charge in [-0.25, -0.2) is 0 Å². The van der Waals surface area contributed by atoms with Crippen LogP contribution in [0.4, 0.5) is 0 Å². The van der Waals surface area contributed by atoms with Gasteiger partial charge in [0.2, 0.25) is 5.54 Å². The van der Waals surface area contributed by atoms with Crippen LogP contribution in [0.25, 0.3) is 0 Å². The molecule has 0 bridgehead atoms. The van der Waals surface area contributed by atoms with Gasteiger partial charge in [0.25, 0.3) is 5.41 Å². The molecule has 0 aromatic heterocycles. The summed E-state index contributed by atoms with van der Waals surface area (Å²) in [7, 11) is 0. The number of hydrogen-bond acceptors (Lipinski definition) is 6. The minimum absolute atomic E-state index is 0. The molecule has 2 N–H and O–H groups in total. The van der Waals surface area contributed by atoms with E-state index in [1.807, 2.05) is 0 Å². The van der Waals surface area contributed by atoms with Crippen LogP contribution in [0.5, 0.6) is 0 Å². The van der Waals surface area contributed by atoms with Crippen molar-refractivity contribution < 1.29 is 0 Å². The Labute approximate surface area is 103 Å². The molecule has 0 fully saturated rings. The molecule has 0 radical (unpaired) electrons. The van der Waals surface area contributed by atoms with Crippen molar-refractivity contribution in [3.63, 3.8) is 0 Å². The average Bonchev–Trinajstić information content (AvgIpc) is 2.20. The molecule has 0 atom stereocenters. The van der Waals surface area contributed by atoms with Gasteiger partial charge in [-0.1, -0.05) is 0 Å². The number of hydrogen-bond donors (Lipinski definition) is 1. The molecule has 0 aliphatic heterocycles. The van der Waals surface area contributed by atoms with E-state index in [9.17, 15) is 0 Å². The fraction of sp³-hybridized carbons (Fsp3) is 0.286. The summed E-state index contributed by atoms with van der Waals surface area (Å²) in [6, 6.07) is 6.34. The van der Waals surface area contributed by atoms with Crippen LogP contribution in [0.2, 0.25) is 0 Å². The maximum absolute atomic E-state index is 8.50. The van der Waals surface area contributed by atoms with Crippen LogP contribution >= 0.6 is 0 Å². The number of nitriles is 5. The molecule has 0 aliphatic carbocycles. The fourth-order valence-electron chi connectivity index (χ4n) is 0.532. The van der Waals surface area contributed by atoms with E-state index in [0.29, 0.717) is 0 Å². The van der Waals surface area contributed by atoms with Gasteiger partial charge in [-0.05, 0) is 0 Å². The predicted octanol–water partition coefficient (Wildman–Crippen LogP) is -1.36. The number of nitrogens with two attached hydrogens (primary N) is 1. The van der Waals surface area contributed by atoms with Gasteiger partial charge in [0.05, 0.1) is 0 Å². The van der Waals surface area contributed by atoms with Crippen LogP contribution in [-0.4, -0.2) is 35.1 Å². The van der Waals surface area contributed by atoms with Crippen LogP contribution in [0.3, 0.4) is 0 Å². The summed E-state index contributed by atoms with van der Waals surface area (Å²) in [5, 5.41) is 42.4. The van der Waals surface area contributed by atoms with Crippen molar-refractivity contribution in [2.24, 2.45) is 11.1 Å². The fourth-order valence-corrected chi connectivity index (χ4v) is 0.532. The summed E-state index contributed by atoms with van der Waals surface area (Å²) in [5.74, 6) is 0. The first kappa shape index (κ1) is 14.9. The Morgan fingerprint density at radius 2 is 1.00 bits per heavy atom. The van der Waals surface area contributed by atoms with Crippen LogP contribution in [0.15, 0.2) is 0 Å². The van der Waals surface area contributed by atoms with Gasteiger partial charge >= 0.3 is 29.6 Å². The second-order valence-corrected chi connectivity index (χ2v) is 2.12. The van der Waals surface area contributed by atoms with Crippen molar-refractivity contribution in [2.45, 2.75) is 5.54 Å². The summed E-state index contributed by atoms with van der Waals surface area (Å²) >= 11 is 0. The molecule has 6 nitrogen and oxygen atoms in total. The first-order valence-electron chi connectivity index (χ1n) is 2.91. The van der Waals surface area contributed by atoms with Gasteiger partial charge in [-0.15, -0.1) is 0 Å². The molecule has 0 spiro atoms. The molecule has 0 heterocycles. The van der Waals surface area contributed by atoms with Crippen LogP contribution in [0, 0.1) is 62.1 Å². The van der Waals surface area contributed by atoms with E-state index in [1.165, 1.54) is 30.3 Å². The molecule has 0 saturated carbocycles. The molecule has 62 valence electrons. The third-order valence-corrected chi connectivity index (χ3v) is 1.45. The molecule has 0 aromatic rings. The zero-order valence-corrected chi connectivity index (χ0v) is 6.31. The summed E-state index contributed by atoms with van der Waals surface area (Å²) in [6.07, 6.45) is 0. The molecule has 0 amide bonds. The molecule has 0 unspecified atom stereocenters. The van der Waals surface area contributed by atoms with Gasteiger partial charge in [0.15, 0.2) is 0 Å². The van der Waals surface area contributed by atoms with E-state index in [4.69, 9.17) is 32.0 Å². The Hall–Kier alpha value is -1.59. The molecule has 7 heteroatoms. The first-order chi connectivity index (χ1) is 6.05. The van der Waals surface area contributed by atoms with Gasteiger partial charge in [0.1, 0.15) is 30.3 Å². The molecular formula is C7H3N6Na. The van der Waals surface area contributed by atoms with Gasteiger partial charge in [-0.3, -0.25) is 5.73 Å². The van der Waals surface area contributed by atoms with Crippen molar-refractivity contribution in [1.82, 2.24) is 0 Å². The van der Waals surface area contributed by atoms with Crippen molar-refractivity contribution in [3.05, 3.63) is 0 Å². The minimum atomic E-state index is -2.45. The molecular weight excluding hydrogens is 191 g/mol. The summed E-state index contributed by atoms with van der Waals surface area (Å²) in [5.41, 5.74) is 0.244. The van der Waals surface area contributed by atoms with E-state index in [1.54, 1.807) is 0 Å². The molecule has 0 rings (SSSR count). The van der Waals surface area contributed by atoms with E-state index < -0.39 is 11.0 Å². The van der Waals surface area contributed by atoms with Gasteiger partial charge < -0.3 is 0 Å². The van der Waals surface area contributed by atoms with E-state index in [2.05, 4.69) is 0 Å². The van der Waals surface area contributed by atoms with Gasteiger partial charge in [0, 0.05) is 0 Å². The van der Waals surface area contributed by atoms with E-state index in [0.717, 1.165) is 0 Å². The molecule has 14 heavy (non-hydrogen) atoms. The Morgan fingerprint density at radius 3 is 1.07 bits per heavy atom.